The Morgan fingerprint density at radius 1 is 1.33 bits per heavy atom. The van der Waals surface area contributed by atoms with E-state index in [0.717, 1.165) is 35.1 Å². The summed E-state index contributed by atoms with van der Waals surface area (Å²) in [6, 6.07) is 5.71. The van der Waals surface area contributed by atoms with Gasteiger partial charge in [-0.15, -0.1) is 0 Å². The lowest BCUT2D eigenvalue weighted by atomic mass is 10.0. The highest BCUT2D eigenvalue weighted by molar-refractivity contribution is 9.10. The smallest absolute Gasteiger partial charge is 0.0695 e. The van der Waals surface area contributed by atoms with E-state index in [-0.39, 0.29) is 6.04 Å². The third-order valence-electron chi connectivity index (χ3n) is 3.38. The molecule has 1 N–H and O–H groups in total. The van der Waals surface area contributed by atoms with E-state index in [1.54, 1.807) is 0 Å². The first-order chi connectivity index (χ1) is 10.0. The van der Waals surface area contributed by atoms with Gasteiger partial charge in [-0.05, 0) is 53.0 Å². The second-order valence-electron chi connectivity index (χ2n) is 4.91. The predicted molar refractivity (Wildman–Crippen MR) is 92.1 cm³/mol. The van der Waals surface area contributed by atoms with Crippen molar-refractivity contribution < 1.29 is 0 Å². The maximum Gasteiger partial charge on any atom is 0.0695 e. The van der Waals surface area contributed by atoms with Crippen LogP contribution in [0.5, 0.6) is 0 Å². The fourth-order valence-electron chi connectivity index (χ4n) is 2.33. The monoisotopic (exact) mass is 389 g/mol. The fourth-order valence-corrected chi connectivity index (χ4v) is 3.50. The molecule has 1 aromatic carbocycles. The first-order valence-electron chi connectivity index (χ1n) is 6.88. The minimum Gasteiger partial charge on any atom is -0.308 e. The van der Waals surface area contributed by atoms with Crippen molar-refractivity contribution in [3.05, 3.63) is 50.2 Å². The quantitative estimate of drug-likeness (QED) is 0.769. The summed E-state index contributed by atoms with van der Waals surface area (Å²) in [5.74, 6) is 0. The molecule has 0 spiro atoms. The molecule has 1 aromatic heterocycles. The van der Waals surface area contributed by atoms with Crippen LogP contribution in [-0.4, -0.2) is 16.3 Å². The number of benzene rings is 1. The molecule has 0 bridgehead atoms. The van der Waals surface area contributed by atoms with Crippen LogP contribution in [0.3, 0.4) is 0 Å². The van der Waals surface area contributed by atoms with Crippen molar-refractivity contribution in [1.82, 2.24) is 15.1 Å². The van der Waals surface area contributed by atoms with E-state index >= 15 is 0 Å². The van der Waals surface area contributed by atoms with Crippen molar-refractivity contribution in [3.8, 4) is 0 Å². The predicted octanol–water partition coefficient (Wildman–Crippen LogP) is 4.77. The third kappa shape index (κ3) is 4.01. The topological polar surface area (TPSA) is 29.9 Å². The number of halogens is 3. The molecule has 0 saturated carbocycles. The number of hydrogen-bond donors (Lipinski definition) is 1. The van der Waals surface area contributed by atoms with Gasteiger partial charge in [0.15, 0.2) is 0 Å². The molecular weight excluding hydrogens is 373 g/mol. The largest absolute Gasteiger partial charge is 0.308 e. The highest BCUT2D eigenvalue weighted by atomic mass is 79.9. The van der Waals surface area contributed by atoms with Crippen LogP contribution in [0.4, 0.5) is 0 Å². The molecule has 0 aliphatic rings. The standard InChI is InChI=1S/C15H18BrCl2N3/c1-3-7-19-14(15-11(16)9-20-21(15)2)8-10-12(17)5-4-6-13(10)18/h4-6,9,14,19H,3,7-8H2,1-2H3. The van der Waals surface area contributed by atoms with Crippen LogP contribution in [-0.2, 0) is 13.5 Å². The van der Waals surface area contributed by atoms with Crippen LogP contribution in [0.15, 0.2) is 28.9 Å². The Balaban J connectivity index is 2.33. The summed E-state index contributed by atoms with van der Waals surface area (Å²) in [4.78, 5) is 0. The molecule has 2 aromatic rings. The lowest BCUT2D eigenvalue weighted by molar-refractivity contribution is 0.492. The van der Waals surface area contributed by atoms with Crippen molar-refractivity contribution in [2.45, 2.75) is 25.8 Å². The number of hydrogen-bond acceptors (Lipinski definition) is 2. The summed E-state index contributed by atoms with van der Waals surface area (Å²) in [6.07, 6.45) is 3.59. The fraction of sp³-hybridized carbons (Fsp3) is 0.400. The van der Waals surface area contributed by atoms with Gasteiger partial charge in [0.25, 0.3) is 0 Å². The summed E-state index contributed by atoms with van der Waals surface area (Å²) in [7, 11) is 1.94. The van der Waals surface area contributed by atoms with Crippen molar-refractivity contribution in [1.29, 1.82) is 0 Å². The minimum absolute atomic E-state index is 0.101. The summed E-state index contributed by atoms with van der Waals surface area (Å²) in [5, 5.41) is 9.24. The third-order valence-corrected chi connectivity index (χ3v) is 4.70. The minimum atomic E-state index is 0.101. The van der Waals surface area contributed by atoms with E-state index in [2.05, 4.69) is 33.3 Å². The molecule has 0 amide bonds. The summed E-state index contributed by atoms with van der Waals surface area (Å²) in [5.41, 5.74) is 2.06. The van der Waals surface area contributed by atoms with Gasteiger partial charge in [0.05, 0.1) is 22.4 Å². The Kier molecular flexibility index (Phi) is 6.11. The molecule has 114 valence electrons. The van der Waals surface area contributed by atoms with Crippen molar-refractivity contribution in [2.75, 3.05) is 6.54 Å². The maximum atomic E-state index is 6.30. The number of aryl methyl sites for hydroxylation is 1. The first-order valence-corrected chi connectivity index (χ1v) is 8.43. The average Bonchev–Trinajstić information content (AvgIpc) is 2.78. The molecule has 1 atom stereocenters. The summed E-state index contributed by atoms with van der Waals surface area (Å²) in [6.45, 7) is 3.06. The molecule has 0 saturated heterocycles. The molecule has 0 aliphatic heterocycles. The number of nitrogens with zero attached hydrogens (tertiary/aromatic N) is 2. The molecule has 6 heteroatoms. The van der Waals surface area contributed by atoms with Crippen LogP contribution in [0.2, 0.25) is 10.0 Å². The van der Waals surface area contributed by atoms with Gasteiger partial charge in [-0.25, -0.2) is 0 Å². The van der Waals surface area contributed by atoms with E-state index < -0.39 is 0 Å². The van der Waals surface area contributed by atoms with E-state index in [9.17, 15) is 0 Å². The van der Waals surface area contributed by atoms with E-state index in [4.69, 9.17) is 23.2 Å². The lowest BCUT2D eigenvalue weighted by Crippen LogP contribution is -2.26. The normalized spacial score (nSPS) is 12.6. The van der Waals surface area contributed by atoms with E-state index in [1.807, 2.05) is 36.1 Å². The maximum absolute atomic E-state index is 6.30. The molecule has 21 heavy (non-hydrogen) atoms. The number of aromatic nitrogens is 2. The van der Waals surface area contributed by atoms with Crippen LogP contribution in [0.25, 0.3) is 0 Å². The Bertz CT molecular complexity index is 573. The van der Waals surface area contributed by atoms with Gasteiger partial charge in [0, 0.05) is 17.1 Å². The van der Waals surface area contributed by atoms with Crippen LogP contribution in [0, 0.1) is 0 Å². The van der Waals surface area contributed by atoms with Gasteiger partial charge >= 0.3 is 0 Å². The average molecular weight is 391 g/mol. The second kappa shape index (κ2) is 7.63. The molecule has 1 unspecified atom stereocenters. The Morgan fingerprint density at radius 2 is 2.00 bits per heavy atom. The van der Waals surface area contributed by atoms with Gasteiger partial charge in [-0.3, -0.25) is 4.68 Å². The van der Waals surface area contributed by atoms with Crippen LogP contribution >= 0.6 is 39.1 Å². The second-order valence-corrected chi connectivity index (χ2v) is 6.58. The molecule has 0 radical (unpaired) electrons. The van der Waals surface area contributed by atoms with Gasteiger partial charge < -0.3 is 5.32 Å². The zero-order valence-corrected chi connectivity index (χ0v) is 15.1. The highest BCUT2D eigenvalue weighted by Crippen LogP contribution is 2.31. The first kappa shape index (κ1) is 16.8. The zero-order valence-electron chi connectivity index (χ0n) is 12.0. The molecular formula is C15H18BrCl2N3. The number of rotatable bonds is 6. The van der Waals surface area contributed by atoms with Gasteiger partial charge in [0.2, 0.25) is 0 Å². The van der Waals surface area contributed by atoms with Crippen molar-refractivity contribution >= 4 is 39.1 Å². The molecule has 1 heterocycles. The van der Waals surface area contributed by atoms with E-state index in [0.29, 0.717) is 10.0 Å². The van der Waals surface area contributed by atoms with Gasteiger partial charge in [-0.1, -0.05) is 36.2 Å². The SMILES string of the molecule is CCCNC(Cc1c(Cl)cccc1Cl)c1c(Br)cnn1C. The molecule has 2 rings (SSSR count). The molecule has 0 fully saturated rings. The zero-order chi connectivity index (χ0) is 15.4. The molecule has 0 aliphatic carbocycles. The summed E-state index contributed by atoms with van der Waals surface area (Å²) < 4.78 is 2.86. The van der Waals surface area contributed by atoms with Crippen LogP contribution < -0.4 is 5.32 Å². The van der Waals surface area contributed by atoms with Crippen molar-refractivity contribution in [3.63, 3.8) is 0 Å². The molecule has 3 nitrogen and oxygen atoms in total. The number of nitrogens with one attached hydrogen (secondary N) is 1. The van der Waals surface area contributed by atoms with Crippen molar-refractivity contribution in [2.24, 2.45) is 7.05 Å². The Labute approximate surface area is 143 Å². The lowest BCUT2D eigenvalue weighted by Gasteiger charge is -2.21. The van der Waals surface area contributed by atoms with Gasteiger partial charge in [-0.2, -0.15) is 5.10 Å². The highest BCUT2D eigenvalue weighted by Gasteiger charge is 2.21. The Hall–Kier alpha value is -0.550. The summed E-state index contributed by atoms with van der Waals surface area (Å²) >= 11 is 16.2. The Morgan fingerprint density at radius 3 is 2.52 bits per heavy atom. The van der Waals surface area contributed by atoms with Gasteiger partial charge in [0.1, 0.15) is 0 Å². The van der Waals surface area contributed by atoms with E-state index in [1.165, 1.54) is 0 Å². The van der Waals surface area contributed by atoms with Crippen LogP contribution in [0.1, 0.15) is 30.6 Å².